The zero-order valence-corrected chi connectivity index (χ0v) is 12.2. The Hall–Kier alpha value is 0.137. The summed E-state index contributed by atoms with van der Waals surface area (Å²) in [5, 5.41) is 0. The third kappa shape index (κ3) is 7.53. The first kappa shape index (κ1) is 14.1. The third-order valence-corrected chi connectivity index (χ3v) is 3.14. The fourth-order valence-corrected chi connectivity index (χ4v) is 1.58. The van der Waals surface area contributed by atoms with E-state index in [1.54, 1.807) is 0 Å². The first-order chi connectivity index (χ1) is 6.74. The van der Waals surface area contributed by atoms with Crippen molar-refractivity contribution in [2.45, 2.75) is 71.7 Å². The molecule has 0 aliphatic rings. The Morgan fingerprint density at radius 2 is 1.57 bits per heavy atom. The van der Waals surface area contributed by atoms with Crippen molar-refractivity contribution < 1.29 is 9.16 Å². The lowest BCUT2D eigenvalue weighted by molar-refractivity contribution is -0.110. The molecule has 0 bridgehead atoms. The molecule has 14 heavy (non-hydrogen) atoms. The third-order valence-electron chi connectivity index (χ3n) is 2.48. The van der Waals surface area contributed by atoms with Crippen molar-refractivity contribution >= 4 is 10.5 Å². The first-order valence-corrected chi connectivity index (χ1v) is 6.74. The molecule has 0 aliphatic heterocycles. The van der Waals surface area contributed by atoms with E-state index in [-0.39, 0.29) is 6.29 Å². The van der Waals surface area contributed by atoms with Gasteiger partial charge in [0.15, 0.2) is 0 Å². The van der Waals surface area contributed by atoms with Crippen LogP contribution in [0.4, 0.5) is 0 Å². The summed E-state index contributed by atoms with van der Waals surface area (Å²) in [5.41, 5.74) is 0. The van der Waals surface area contributed by atoms with Crippen LogP contribution in [0.2, 0.25) is 0 Å². The van der Waals surface area contributed by atoms with Crippen LogP contribution in [-0.4, -0.2) is 22.9 Å². The highest BCUT2D eigenvalue weighted by Gasteiger charge is 2.11. The number of unbranched alkanes of at least 4 members (excludes halogenated alkanes) is 2. The van der Waals surface area contributed by atoms with Gasteiger partial charge in [-0.15, -0.1) is 0 Å². The van der Waals surface area contributed by atoms with Crippen molar-refractivity contribution in [2.24, 2.45) is 0 Å². The Kier molecular flexibility index (Phi) is 9.78. The zero-order chi connectivity index (χ0) is 10.8. The first-order valence-electron chi connectivity index (χ1n) is 5.92. The lowest BCUT2D eigenvalue weighted by Crippen LogP contribution is -2.21. The van der Waals surface area contributed by atoms with Crippen LogP contribution < -0.4 is 0 Å². The van der Waals surface area contributed by atoms with Crippen LogP contribution in [0.3, 0.4) is 0 Å². The van der Waals surface area contributed by atoms with Crippen molar-refractivity contribution in [3.05, 3.63) is 0 Å². The van der Waals surface area contributed by atoms with Gasteiger partial charge in [-0.3, -0.25) is 0 Å². The molecule has 0 rings (SSSR count). The summed E-state index contributed by atoms with van der Waals surface area (Å²) in [6.07, 6.45) is 7.82. The van der Waals surface area contributed by atoms with Gasteiger partial charge >= 0.3 is 0 Å². The highest BCUT2D eigenvalue weighted by atomic mass is 28.2. The van der Waals surface area contributed by atoms with Gasteiger partial charge in [-0.2, -0.15) is 0 Å². The van der Waals surface area contributed by atoms with Crippen molar-refractivity contribution in [3.8, 4) is 0 Å². The molecule has 0 saturated heterocycles. The molecule has 1 unspecified atom stereocenters. The van der Waals surface area contributed by atoms with Gasteiger partial charge in [-0.05, 0) is 19.8 Å². The van der Waals surface area contributed by atoms with Gasteiger partial charge in [0.25, 0.3) is 0 Å². The monoisotopic (exact) mass is 218 g/mol. The second kappa shape index (κ2) is 9.68. The van der Waals surface area contributed by atoms with Gasteiger partial charge in [-0.1, -0.05) is 39.5 Å². The van der Waals surface area contributed by atoms with Gasteiger partial charge < -0.3 is 9.16 Å². The molecule has 0 heterocycles. The molecule has 0 saturated carbocycles. The maximum absolute atomic E-state index is 5.82. The molecule has 0 fully saturated rings. The average molecular weight is 218 g/mol. The van der Waals surface area contributed by atoms with Crippen molar-refractivity contribution in [1.29, 1.82) is 0 Å². The van der Waals surface area contributed by atoms with E-state index >= 15 is 0 Å². The maximum Gasteiger partial charge on any atom is 0.149 e. The topological polar surface area (TPSA) is 18.5 Å². The van der Waals surface area contributed by atoms with Crippen molar-refractivity contribution in [2.75, 3.05) is 0 Å². The molecule has 0 aromatic rings. The van der Waals surface area contributed by atoms with Crippen LogP contribution in [0.5, 0.6) is 0 Å². The van der Waals surface area contributed by atoms with Crippen LogP contribution in [0.15, 0.2) is 0 Å². The molecule has 0 aliphatic carbocycles. The SMILES string of the molecule is CCCCC(CCCC)OC(C)O[SiH3]. The Morgan fingerprint density at radius 3 is 1.93 bits per heavy atom. The quantitative estimate of drug-likeness (QED) is 0.437. The zero-order valence-electron chi connectivity index (χ0n) is 10.2. The smallest absolute Gasteiger partial charge is 0.149 e. The van der Waals surface area contributed by atoms with E-state index in [9.17, 15) is 0 Å². The predicted molar refractivity (Wildman–Crippen MR) is 64.4 cm³/mol. The van der Waals surface area contributed by atoms with Crippen LogP contribution in [0.1, 0.15) is 59.3 Å². The fourth-order valence-electron chi connectivity index (χ4n) is 1.47. The molecule has 0 aromatic heterocycles. The molecule has 0 N–H and O–H groups in total. The Bertz CT molecular complexity index is 112. The van der Waals surface area contributed by atoms with Crippen LogP contribution >= 0.6 is 0 Å². The number of hydrogen-bond donors (Lipinski definition) is 0. The normalized spacial score (nSPS) is 13.7. The molecule has 3 heteroatoms. The lowest BCUT2D eigenvalue weighted by Gasteiger charge is -2.21. The Morgan fingerprint density at radius 1 is 1.07 bits per heavy atom. The molecule has 86 valence electrons. The van der Waals surface area contributed by atoms with Gasteiger partial charge in [-0.25, -0.2) is 0 Å². The Labute approximate surface area is 91.9 Å². The standard InChI is InChI=1S/C11H26O2Si/c1-4-6-8-11(9-7-5-2)12-10(3)13-14/h10-11H,4-9H2,1-3,14H3. The number of hydrogen-bond acceptors (Lipinski definition) is 2. The van der Waals surface area contributed by atoms with E-state index in [0.717, 1.165) is 10.5 Å². The summed E-state index contributed by atoms with van der Waals surface area (Å²) >= 11 is 0. The van der Waals surface area contributed by atoms with E-state index in [1.165, 1.54) is 38.5 Å². The predicted octanol–water partition coefficient (Wildman–Crippen LogP) is 2.40. The van der Waals surface area contributed by atoms with Gasteiger partial charge in [0.1, 0.15) is 16.8 Å². The molecular formula is C11H26O2Si. The molecule has 0 spiro atoms. The number of rotatable bonds is 9. The van der Waals surface area contributed by atoms with Crippen LogP contribution in [0, 0.1) is 0 Å². The summed E-state index contributed by atoms with van der Waals surface area (Å²) in [4.78, 5) is 0. The maximum atomic E-state index is 5.82. The van der Waals surface area contributed by atoms with Crippen molar-refractivity contribution in [3.63, 3.8) is 0 Å². The highest BCUT2D eigenvalue weighted by Crippen LogP contribution is 2.14. The summed E-state index contributed by atoms with van der Waals surface area (Å²) in [5.74, 6) is 0. The average Bonchev–Trinajstić information content (AvgIpc) is 2.21. The second-order valence-electron chi connectivity index (χ2n) is 3.85. The molecule has 0 amide bonds. The summed E-state index contributed by atoms with van der Waals surface area (Å²) < 4.78 is 11.1. The second-order valence-corrected chi connectivity index (χ2v) is 4.32. The van der Waals surface area contributed by atoms with E-state index in [4.69, 9.17) is 9.16 Å². The molecule has 0 aromatic carbocycles. The Balaban J connectivity index is 3.71. The molecule has 0 radical (unpaired) electrons. The summed E-state index contributed by atoms with van der Waals surface area (Å²) in [6, 6.07) is 0. The minimum atomic E-state index is 0.000351. The molecule has 2 nitrogen and oxygen atoms in total. The fraction of sp³-hybridized carbons (Fsp3) is 1.00. The number of ether oxygens (including phenoxy) is 1. The minimum absolute atomic E-state index is 0.000351. The highest BCUT2D eigenvalue weighted by molar-refractivity contribution is 5.98. The van der Waals surface area contributed by atoms with Crippen molar-refractivity contribution in [1.82, 2.24) is 0 Å². The van der Waals surface area contributed by atoms with Gasteiger partial charge in [0.2, 0.25) is 0 Å². The molecule has 1 atom stereocenters. The van der Waals surface area contributed by atoms with Gasteiger partial charge in [0.05, 0.1) is 6.10 Å². The van der Waals surface area contributed by atoms with E-state index in [0.29, 0.717) is 6.10 Å². The molecular weight excluding hydrogens is 192 g/mol. The van der Waals surface area contributed by atoms with Gasteiger partial charge in [0, 0.05) is 0 Å². The summed E-state index contributed by atoms with van der Waals surface area (Å²) in [6.45, 7) is 6.45. The van der Waals surface area contributed by atoms with E-state index in [2.05, 4.69) is 13.8 Å². The van der Waals surface area contributed by atoms with Crippen LogP contribution in [-0.2, 0) is 9.16 Å². The minimum Gasteiger partial charge on any atom is -0.404 e. The lowest BCUT2D eigenvalue weighted by atomic mass is 10.1. The summed E-state index contributed by atoms with van der Waals surface area (Å²) in [7, 11) is 0.763. The van der Waals surface area contributed by atoms with Crippen LogP contribution in [0.25, 0.3) is 0 Å². The van der Waals surface area contributed by atoms with E-state index < -0.39 is 0 Å². The largest absolute Gasteiger partial charge is 0.404 e. The van der Waals surface area contributed by atoms with E-state index in [1.807, 2.05) is 6.92 Å².